The molecule has 0 aliphatic carbocycles. The van der Waals surface area contributed by atoms with Crippen LogP contribution in [-0.2, 0) is 33.8 Å². The van der Waals surface area contributed by atoms with Crippen LogP contribution >= 0.6 is 0 Å². The van der Waals surface area contributed by atoms with Crippen molar-refractivity contribution >= 4 is 29.4 Å². The summed E-state index contributed by atoms with van der Waals surface area (Å²) in [6.07, 6.45) is 0.247. The van der Waals surface area contributed by atoms with Crippen molar-refractivity contribution in [1.82, 2.24) is 20.3 Å². The van der Waals surface area contributed by atoms with Crippen LogP contribution in [0.3, 0.4) is 0 Å². The van der Waals surface area contributed by atoms with E-state index in [9.17, 15) is 9.18 Å². The quantitative estimate of drug-likeness (QED) is 0.109. The molecular weight excluding hydrogens is 551 g/mol. The number of carbonyl (C=O) groups excluding carboxylic acids is 1. The van der Waals surface area contributed by atoms with Crippen molar-refractivity contribution < 1.29 is 18.7 Å². The second kappa shape index (κ2) is 17.3. The molecule has 0 fully saturated rings. The smallest absolute Gasteiger partial charge is 0.233 e. The molecule has 4 rings (SSSR count). The Morgan fingerprint density at radius 3 is 1.93 bits per heavy atom. The molecule has 0 radical (unpaired) electrons. The molecule has 0 spiro atoms. The molecule has 0 atom stereocenters. The number of benzene rings is 3. The van der Waals surface area contributed by atoms with Crippen molar-refractivity contribution in [3.63, 3.8) is 0 Å². The lowest BCUT2D eigenvalue weighted by molar-refractivity contribution is -0.120. The second-order valence-electron chi connectivity index (χ2n) is 9.49. The van der Waals surface area contributed by atoms with E-state index < -0.39 is 0 Å². The van der Waals surface area contributed by atoms with Crippen molar-refractivity contribution in [2.45, 2.75) is 19.5 Å². The maximum Gasteiger partial charge on any atom is 0.233 e. The Hall–Kier alpha value is -4.65. The molecule has 4 aromatic rings. The zero-order valence-corrected chi connectivity index (χ0v) is 23.9. The lowest BCUT2D eigenvalue weighted by Crippen LogP contribution is -2.29. The van der Waals surface area contributed by atoms with E-state index in [2.05, 4.69) is 36.2 Å². The number of ether oxygens (including phenoxy) is 2. The first-order valence-electron chi connectivity index (χ1n) is 14.1. The molecule has 0 aliphatic rings. The summed E-state index contributed by atoms with van der Waals surface area (Å²) in [7, 11) is 0. The van der Waals surface area contributed by atoms with Crippen molar-refractivity contribution in [2.75, 3.05) is 55.5 Å². The standard InChI is InChI=1S/C31H37FN8O3/c32-26-10-6-25(7-11-26)22-36-30-38-29(35-21-24-4-2-1-3-5-24)39-31(40-30)37-27-12-8-23(9-13-27)20-28(41)34-15-17-43-19-18-42-16-14-33/h1-13H,14-22,33H2,(H,34,41)(H3,35,36,37,38,39,40). The number of hydrogen-bond acceptors (Lipinski definition) is 10. The molecule has 0 saturated carbocycles. The monoisotopic (exact) mass is 588 g/mol. The Morgan fingerprint density at radius 1 is 0.698 bits per heavy atom. The van der Waals surface area contributed by atoms with E-state index in [-0.39, 0.29) is 18.1 Å². The van der Waals surface area contributed by atoms with Gasteiger partial charge in [0.1, 0.15) is 5.82 Å². The summed E-state index contributed by atoms with van der Waals surface area (Å²) in [5.74, 6) is 0.708. The van der Waals surface area contributed by atoms with Gasteiger partial charge in [0, 0.05) is 31.9 Å². The van der Waals surface area contributed by atoms with Gasteiger partial charge in [0.2, 0.25) is 23.8 Å². The minimum absolute atomic E-state index is 0.0906. The van der Waals surface area contributed by atoms with Gasteiger partial charge in [0.05, 0.1) is 32.8 Å². The zero-order valence-electron chi connectivity index (χ0n) is 23.9. The third kappa shape index (κ3) is 11.6. The number of halogens is 1. The number of aromatic nitrogens is 3. The first kappa shape index (κ1) is 31.3. The second-order valence-corrected chi connectivity index (χ2v) is 9.49. The van der Waals surface area contributed by atoms with E-state index in [1.165, 1.54) is 12.1 Å². The zero-order chi connectivity index (χ0) is 30.1. The van der Waals surface area contributed by atoms with Gasteiger partial charge in [0.25, 0.3) is 0 Å². The maximum atomic E-state index is 13.3. The van der Waals surface area contributed by atoms with Gasteiger partial charge in [0.15, 0.2) is 0 Å². The van der Waals surface area contributed by atoms with Crippen LogP contribution in [-0.4, -0.2) is 60.4 Å². The van der Waals surface area contributed by atoms with E-state index in [1.807, 2.05) is 54.6 Å². The van der Waals surface area contributed by atoms with E-state index >= 15 is 0 Å². The molecule has 0 bridgehead atoms. The largest absolute Gasteiger partial charge is 0.378 e. The predicted molar refractivity (Wildman–Crippen MR) is 164 cm³/mol. The van der Waals surface area contributed by atoms with Crippen molar-refractivity contribution in [3.05, 3.63) is 101 Å². The molecule has 226 valence electrons. The van der Waals surface area contributed by atoms with E-state index in [1.54, 1.807) is 12.1 Å². The highest BCUT2D eigenvalue weighted by Crippen LogP contribution is 2.18. The Balaban J connectivity index is 1.32. The Labute approximate surface area is 250 Å². The first-order valence-corrected chi connectivity index (χ1v) is 14.1. The summed E-state index contributed by atoms with van der Waals surface area (Å²) in [6, 6.07) is 23.6. The number of hydrogen-bond donors (Lipinski definition) is 5. The third-order valence-corrected chi connectivity index (χ3v) is 6.07. The summed E-state index contributed by atoms with van der Waals surface area (Å²) in [6.45, 7) is 3.71. The summed E-state index contributed by atoms with van der Waals surface area (Å²) in [5, 5.41) is 12.5. The molecular formula is C31H37FN8O3. The Bertz CT molecular complexity index is 1390. The molecule has 11 nitrogen and oxygen atoms in total. The molecule has 43 heavy (non-hydrogen) atoms. The van der Waals surface area contributed by atoms with Gasteiger partial charge in [-0.15, -0.1) is 0 Å². The molecule has 6 N–H and O–H groups in total. The molecule has 1 aromatic heterocycles. The molecule has 3 aromatic carbocycles. The highest BCUT2D eigenvalue weighted by Gasteiger charge is 2.09. The highest BCUT2D eigenvalue weighted by molar-refractivity contribution is 5.78. The number of nitrogens with zero attached hydrogens (tertiary/aromatic N) is 3. The molecule has 0 unspecified atom stereocenters. The Morgan fingerprint density at radius 2 is 1.28 bits per heavy atom. The van der Waals surface area contributed by atoms with Gasteiger partial charge in [-0.1, -0.05) is 54.6 Å². The maximum absolute atomic E-state index is 13.3. The SMILES string of the molecule is NCCOCCOCCNC(=O)Cc1ccc(Nc2nc(NCc3ccccc3)nc(NCc3ccc(F)cc3)n2)cc1. The highest BCUT2D eigenvalue weighted by atomic mass is 19.1. The van der Waals surface area contributed by atoms with Crippen LogP contribution < -0.4 is 27.0 Å². The van der Waals surface area contributed by atoms with E-state index in [0.717, 1.165) is 22.4 Å². The Kier molecular flexibility index (Phi) is 12.6. The van der Waals surface area contributed by atoms with Crippen LogP contribution in [0, 0.1) is 5.82 Å². The number of nitrogens with two attached hydrogens (primary N) is 1. The van der Waals surface area contributed by atoms with Gasteiger partial charge in [-0.3, -0.25) is 4.79 Å². The van der Waals surface area contributed by atoms with Gasteiger partial charge in [-0.05, 0) is 41.0 Å². The number of rotatable bonds is 18. The summed E-state index contributed by atoms with van der Waals surface area (Å²) < 4.78 is 23.9. The average molecular weight is 589 g/mol. The van der Waals surface area contributed by atoms with Crippen molar-refractivity contribution in [2.24, 2.45) is 5.73 Å². The van der Waals surface area contributed by atoms with Gasteiger partial charge in [-0.2, -0.15) is 15.0 Å². The number of anilines is 4. The minimum atomic E-state index is -0.291. The topological polar surface area (TPSA) is 148 Å². The number of nitrogens with one attached hydrogen (secondary N) is 4. The van der Waals surface area contributed by atoms with Crippen LogP contribution in [0.4, 0.5) is 27.9 Å². The van der Waals surface area contributed by atoms with Crippen LogP contribution in [0.15, 0.2) is 78.9 Å². The summed E-state index contributed by atoms with van der Waals surface area (Å²) in [4.78, 5) is 25.8. The van der Waals surface area contributed by atoms with Crippen LogP contribution in [0.25, 0.3) is 0 Å². The summed E-state index contributed by atoms with van der Waals surface area (Å²) in [5.41, 5.74) is 8.94. The summed E-state index contributed by atoms with van der Waals surface area (Å²) >= 11 is 0. The van der Waals surface area contributed by atoms with Crippen molar-refractivity contribution in [3.8, 4) is 0 Å². The molecule has 12 heteroatoms. The van der Waals surface area contributed by atoms with Crippen LogP contribution in [0.2, 0.25) is 0 Å². The average Bonchev–Trinajstić information content (AvgIpc) is 3.02. The van der Waals surface area contributed by atoms with Crippen LogP contribution in [0.5, 0.6) is 0 Å². The normalized spacial score (nSPS) is 10.7. The molecule has 1 amide bonds. The van der Waals surface area contributed by atoms with Crippen LogP contribution in [0.1, 0.15) is 16.7 Å². The fraction of sp³-hybridized carbons (Fsp3) is 0.290. The molecule has 0 aliphatic heterocycles. The van der Waals surface area contributed by atoms with E-state index in [0.29, 0.717) is 70.5 Å². The van der Waals surface area contributed by atoms with E-state index in [4.69, 9.17) is 15.2 Å². The lowest BCUT2D eigenvalue weighted by Gasteiger charge is -2.12. The van der Waals surface area contributed by atoms with Gasteiger partial charge >= 0.3 is 0 Å². The van der Waals surface area contributed by atoms with Gasteiger partial charge in [-0.25, -0.2) is 4.39 Å². The third-order valence-electron chi connectivity index (χ3n) is 6.07. The number of amides is 1. The fourth-order valence-electron chi connectivity index (χ4n) is 3.90. The molecule has 1 heterocycles. The first-order chi connectivity index (χ1) is 21.1. The van der Waals surface area contributed by atoms with Gasteiger partial charge < -0.3 is 36.5 Å². The predicted octanol–water partition coefficient (Wildman–Crippen LogP) is 3.63. The minimum Gasteiger partial charge on any atom is -0.378 e. The van der Waals surface area contributed by atoms with Crippen molar-refractivity contribution in [1.29, 1.82) is 0 Å². The number of carbonyl (C=O) groups is 1. The fourth-order valence-corrected chi connectivity index (χ4v) is 3.90. The lowest BCUT2D eigenvalue weighted by atomic mass is 10.1. The molecule has 0 saturated heterocycles.